The summed E-state index contributed by atoms with van der Waals surface area (Å²) in [6.07, 6.45) is 0. The second kappa shape index (κ2) is 6.71. The van der Waals surface area contributed by atoms with E-state index in [1.54, 1.807) is 0 Å². The minimum Gasteiger partial charge on any atom is -0.349 e. The van der Waals surface area contributed by atoms with Gasteiger partial charge in [-0.2, -0.15) is 0 Å². The number of aromatic nitrogens is 2. The van der Waals surface area contributed by atoms with E-state index in [4.69, 9.17) is 0 Å². The standard InChI is InChI=1S/C21H25N3O/c1-15(25)22-13-20-23-18-7-5-6-8-19(18)24(20)14-16-9-11-17(12-10-16)21(2,3)4/h5-12H,13-14H2,1-4H3,(H,22,25). The Morgan fingerprint density at radius 2 is 1.76 bits per heavy atom. The lowest BCUT2D eigenvalue weighted by Gasteiger charge is -2.19. The van der Waals surface area contributed by atoms with E-state index in [2.05, 4.69) is 66.0 Å². The van der Waals surface area contributed by atoms with E-state index in [0.717, 1.165) is 23.4 Å². The van der Waals surface area contributed by atoms with E-state index < -0.39 is 0 Å². The summed E-state index contributed by atoms with van der Waals surface area (Å²) in [7, 11) is 0. The first-order valence-corrected chi connectivity index (χ1v) is 8.62. The number of imidazole rings is 1. The zero-order chi connectivity index (χ0) is 18.0. The minimum atomic E-state index is -0.0480. The summed E-state index contributed by atoms with van der Waals surface area (Å²) in [6, 6.07) is 16.8. The Kier molecular flexibility index (Phi) is 4.62. The van der Waals surface area contributed by atoms with Gasteiger partial charge in [-0.25, -0.2) is 4.98 Å². The molecular weight excluding hydrogens is 310 g/mol. The van der Waals surface area contributed by atoms with Crippen molar-refractivity contribution in [3.05, 3.63) is 65.5 Å². The Labute approximate surface area is 148 Å². The van der Waals surface area contributed by atoms with Crippen molar-refractivity contribution >= 4 is 16.9 Å². The molecule has 3 aromatic rings. The lowest BCUT2D eigenvalue weighted by atomic mass is 9.87. The summed E-state index contributed by atoms with van der Waals surface area (Å²) >= 11 is 0. The Morgan fingerprint density at radius 1 is 1.08 bits per heavy atom. The van der Waals surface area contributed by atoms with E-state index in [1.807, 2.05) is 18.2 Å². The minimum absolute atomic E-state index is 0.0480. The van der Waals surface area contributed by atoms with Crippen molar-refractivity contribution in [3.8, 4) is 0 Å². The maximum Gasteiger partial charge on any atom is 0.217 e. The number of nitrogens with one attached hydrogen (secondary N) is 1. The molecule has 0 radical (unpaired) electrons. The maximum atomic E-state index is 11.3. The molecule has 25 heavy (non-hydrogen) atoms. The lowest BCUT2D eigenvalue weighted by Crippen LogP contribution is -2.22. The molecule has 0 atom stereocenters. The van der Waals surface area contributed by atoms with Crippen LogP contribution in [0.15, 0.2) is 48.5 Å². The summed E-state index contributed by atoms with van der Waals surface area (Å²) in [5.74, 6) is 0.824. The van der Waals surface area contributed by atoms with Gasteiger partial charge in [0.15, 0.2) is 0 Å². The second-order valence-electron chi connectivity index (χ2n) is 7.46. The second-order valence-corrected chi connectivity index (χ2v) is 7.46. The number of nitrogens with zero attached hydrogens (tertiary/aromatic N) is 2. The van der Waals surface area contributed by atoms with Gasteiger partial charge in [0.1, 0.15) is 5.82 Å². The molecule has 4 nitrogen and oxygen atoms in total. The number of benzene rings is 2. The molecule has 0 aliphatic heterocycles. The van der Waals surface area contributed by atoms with Crippen molar-refractivity contribution in [1.82, 2.24) is 14.9 Å². The molecule has 1 aromatic heterocycles. The normalized spacial score (nSPS) is 11.7. The maximum absolute atomic E-state index is 11.3. The fourth-order valence-electron chi connectivity index (χ4n) is 2.93. The summed E-state index contributed by atoms with van der Waals surface area (Å²) in [5.41, 5.74) is 4.74. The van der Waals surface area contributed by atoms with Gasteiger partial charge in [-0.3, -0.25) is 4.79 Å². The van der Waals surface area contributed by atoms with Crippen molar-refractivity contribution in [2.45, 2.75) is 46.2 Å². The largest absolute Gasteiger partial charge is 0.349 e. The topological polar surface area (TPSA) is 46.9 Å². The van der Waals surface area contributed by atoms with Gasteiger partial charge < -0.3 is 9.88 Å². The van der Waals surface area contributed by atoms with Gasteiger partial charge in [-0.05, 0) is 28.7 Å². The fraction of sp³-hybridized carbons (Fsp3) is 0.333. The smallest absolute Gasteiger partial charge is 0.217 e. The number of carbonyl (C=O) groups is 1. The number of rotatable bonds is 4. The van der Waals surface area contributed by atoms with Gasteiger partial charge in [0.05, 0.1) is 17.6 Å². The third-order valence-corrected chi connectivity index (χ3v) is 4.39. The van der Waals surface area contributed by atoms with Crippen LogP contribution < -0.4 is 5.32 Å². The zero-order valence-corrected chi connectivity index (χ0v) is 15.3. The molecule has 0 fully saturated rings. The summed E-state index contributed by atoms with van der Waals surface area (Å²) in [4.78, 5) is 16.0. The Morgan fingerprint density at radius 3 is 2.40 bits per heavy atom. The van der Waals surface area contributed by atoms with Crippen LogP contribution in [0.4, 0.5) is 0 Å². The quantitative estimate of drug-likeness (QED) is 0.783. The predicted molar refractivity (Wildman–Crippen MR) is 101 cm³/mol. The lowest BCUT2D eigenvalue weighted by molar-refractivity contribution is -0.119. The number of para-hydroxylation sites is 2. The van der Waals surface area contributed by atoms with E-state index in [-0.39, 0.29) is 11.3 Å². The van der Waals surface area contributed by atoms with Gasteiger partial charge in [0, 0.05) is 13.5 Å². The average Bonchev–Trinajstić information content (AvgIpc) is 2.90. The SMILES string of the molecule is CC(=O)NCc1nc2ccccc2n1Cc1ccc(C(C)(C)C)cc1. The van der Waals surface area contributed by atoms with Gasteiger partial charge >= 0.3 is 0 Å². The van der Waals surface area contributed by atoms with E-state index >= 15 is 0 Å². The van der Waals surface area contributed by atoms with Crippen LogP contribution in [-0.2, 0) is 23.3 Å². The monoisotopic (exact) mass is 335 g/mol. The molecule has 1 heterocycles. The van der Waals surface area contributed by atoms with Crippen LogP contribution in [0.2, 0.25) is 0 Å². The first-order valence-electron chi connectivity index (χ1n) is 8.62. The van der Waals surface area contributed by atoms with Crippen molar-refractivity contribution < 1.29 is 4.79 Å². The van der Waals surface area contributed by atoms with Gasteiger partial charge in [0.25, 0.3) is 0 Å². The third kappa shape index (κ3) is 3.90. The molecule has 0 spiro atoms. The molecule has 0 bridgehead atoms. The highest BCUT2D eigenvalue weighted by atomic mass is 16.1. The third-order valence-electron chi connectivity index (χ3n) is 4.39. The van der Waals surface area contributed by atoms with E-state index in [9.17, 15) is 4.79 Å². The van der Waals surface area contributed by atoms with Crippen LogP contribution in [0.3, 0.4) is 0 Å². The molecule has 2 aromatic carbocycles. The number of hydrogen-bond acceptors (Lipinski definition) is 2. The first-order chi connectivity index (χ1) is 11.8. The number of amides is 1. The molecule has 1 N–H and O–H groups in total. The summed E-state index contributed by atoms with van der Waals surface area (Å²) in [6.45, 7) is 9.35. The number of carbonyl (C=O) groups excluding carboxylic acids is 1. The molecule has 0 aliphatic carbocycles. The van der Waals surface area contributed by atoms with Crippen molar-refractivity contribution in [2.24, 2.45) is 0 Å². The van der Waals surface area contributed by atoms with Crippen LogP contribution in [0, 0.1) is 0 Å². The fourth-order valence-corrected chi connectivity index (χ4v) is 2.93. The zero-order valence-electron chi connectivity index (χ0n) is 15.3. The highest BCUT2D eigenvalue weighted by Crippen LogP contribution is 2.23. The van der Waals surface area contributed by atoms with Gasteiger partial charge in [-0.15, -0.1) is 0 Å². The van der Waals surface area contributed by atoms with Crippen LogP contribution in [0.25, 0.3) is 11.0 Å². The predicted octanol–water partition coefficient (Wildman–Crippen LogP) is 4.02. The molecule has 4 heteroatoms. The van der Waals surface area contributed by atoms with E-state index in [1.165, 1.54) is 18.1 Å². The Balaban J connectivity index is 1.94. The van der Waals surface area contributed by atoms with Crippen LogP contribution in [0.5, 0.6) is 0 Å². The highest BCUT2D eigenvalue weighted by molar-refractivity contribution is 5.76. The van der Waals surface area contributed by atoms with Crippen molar-refractivity contribution in [3.63, 3.8) is 0 Å². The summed E-state index contributed by atoms with van der Waals surface area (Å²) in [5, 5.41) is 2.86. The van der Waals surface area contributed by atoms with E-state index in [0.29, 0.717) is 6.54 Å². The molecule has 1 amide bonds. The van der Waals surface area contributed by atoms with Gasteiger partial charge in [-0.1, -0.05) is 57.2 Å². The van der Waals surface area contributed by atoms with Crippen LogP contribution >= 0.6 is 0 Å². The number of hydrogen-bond donors (Lipinski definition) is 1. The van der Waals surface area contributed by atoms with Crippen LogP contribution in [-0.4, -0.2) is 15.5 Å². The Bertz CT molecular complexity index is 886. The highest BCUT2D eigenvalue weighted by Gasteiger charge is 2.14. The first kappa shape index (κ1) is 17.2. The van der Waals surface area contributed by atoms with Gasteiger partial charge in [0.2, 0.25) is 5.91 Å². The molecular formula is C21H25N3O. The molecule has 0 saturated carbocycles. The molecule has 130 valence electrons. The molecule has 3 rings (SSSR count). The molecule has 0 aliphatic rings. The van der Waals surface area contributed by atoms with Crippen LogP contribution in [0.1, 0.15) is 44.6 Å². The van der Waals surface area contributed by atoms with Crippen molar-refractivity contribution in [2.75, 3.05) is 0 Å². The molecule has 0 saturated heterocycles. The average molecular weight is 335 g/mol. The van der Waals surface area contributed by atoms with Crippen molar-refractivity contribution in [1.29, 1.82) is 0 Å². The molecule has 0 unspecified atom stereocenters. The Hall–Kier alpha value is -2.62. The summed E-state index contributed by atoms with van der Waals surface area (Å²) < 4.78 is 2.18. The number of fused-ring (bicyclic) bond motifs is 1.